The molecule has 0 heterocycles. The normalized spacial score (nSPS) is 10.6. The first-order valence-corrected chi connectivity index (χ1v) is 5.52. The molecule has 88 valence electrons. The molecular weight excluding hydrogens is 218 g/mol. The first kappa shape index (κ1) is 11.8. The summed E-state index contributed by atoms with van der Waals surface area (Å²) in [4.78, 5) is 0. The van der Waals surface area contributed by atoms with Crippen LogP contribution in [0.5, 0.6) is 0 Å². The number of aryl methyl sites for hydroxylation is 2. The average molecular weight is 232 g/mol. The van der Waals surface area contributed by atoms with Crippen molar-refractivity contribution in [2.75, 3.05) is 0 Å². The summed E-state index contributed by atoms with van der Waals surface area (Å²) in [7, 11) is 0. The van der Waals surface area contributed by atoms with Crippen molar-refractivity contribution in [3.8, 4) is 11.1 Å². The van der Waals surface area contributed by atoms with Crippen LogP contribution in [0.2, 0.25) is 0 Å². The molecular formula is C15H14F2. The first-order valence-electron chi connectivity index (χ1n) is 5.52. The standard InChI is InChI=1S/C15H14F2/c1-9-4-5-12(16)7-14(9)15-8-13(17)6-10(2)11(15)3/h4-8H,1-3H3. The lowest BCUT2D eigenvalue weighted by molar-refractivity contribution is 0.624. The van der Waals surface area contributed by atoms with Gasteiger partial charge in [-0.25, -0.2) is 8.78 Å². The monoisotopic (exact) mass is 232 g/mol. The van der Waals surface area contributed by atoms with Crippen LogP contribution in [0.25, 0.3) is 11.1 Å². The van der Waals surface area contributed by atoms with Crippen LogP contribution in [0.1, 0.15) is 16.7 Å². The van der Waals surface area contributed by atoms with Crippen molar-refractivity contribution in [3.05, 3.63) is 58.7 Å². The van der Waals surface area contributed by atoms with Crippen molar-refractivity contribution in [2.45, 2.75) is 20.8 Å². The summed E-state index contributed by atoms with van der Waals surface area (Å²) in [5.41, 5.74) is 4.33. The molecule has 0 aliphatic heterocycles. The van der Waals surface area contributed by atoms with E-state index in [1.165, 1.54) is 24.3 Å². The zero-order valence-electron chi connectivity index (χ0n) is 10.1. The van der Waals surface area contributed by atoms with Crippen LogP contribution < -0.4 is 0 Å². The van der Waals surface area contributed by atoms with Crippen molar-refractivity contribution in [3.63, 3.8) is 0 Å². The van der Waals surface area contributed by atoms with E-state index in [1.807, 2.05) is 20.8 Å². The molecule has 0 unspecified atom stereocenters. The van der Waals surface area contributed by atoms with Gasteiger partial charge in [-0.2, -0.15) is 0 Å². The summed E-state index contributed by atoms with van der Waals surface area (Å²) in [5, 5.41) is 0. The minimum atomic E-state index is -0.299. The van der Waals surface area contributed by atoms with Gasteiger partial charge in [0.2, 0.25) is 0 Å². The lowest BCUT2D eigenvalue weighted by Gasteiger charge is -2.12. The molecule has 0 saturated heterocycles. The van der Waals surface area contributed by atoms with Gasteiger partial charge < -0.3 is 0 Å². The zero-order valence-corrected chi connectivity index (χ0v) is 10.1. The molecule has 0 radical (unpaired) electrons. The van der Waals surface area contributed by atoms with E-state index in [1.54, 1.807) is 6.07 Å². The smallest absolute Gasteiger partial charge is 0.124 e. The number of hydrogen-bond acceptors (Lipinski definition) is 0. The third-order valence-corrected chi connectivity index (χ3v) is 3.12. The number of rotatable bonds is 1. The van der Waals surface area contributed by atoms with Gasteiger partial charge in [0.1, 0.15) is 11.6 Å². The van der Waals surface area contributed by atoms with E-state index in [-0.39, 0.29) is 11.6 Å². The Labute approximate surface area is 99.9 Å². The van der Waals surface area contributed by atoms with Gasteiger partial charge in [-0.05, 0) is 72.9 Å². The van der Waals surface area contributed by atoms with Crippen molar-refractivity contribution in [1.82, 2.24) is 0 Å². The summed E-state index contributed by atoms with van der Waals surface area (Å²) in [6.45, 7) is 5.68. The van der Waals surface area contributed by atoms with Gasteiger partial charge in [0.15, 0.2) is 0 Å². The lowest BCUT2D eigenvalue weighted by atomic mass is 9.94. The average Bonchev–Trinajstić information content (AvgIpc) is 2.27. The van der Waals surface area contributed by atoms with Crippen molar-refractivity contribution >= 4 is 0 Å². The maximum absolute atomic E-state index is 13.4. The fraction of sp³-hybridized carbons (Fsp3) is 0.200. The highest BCUT2D eigenvalue weighted by molar-refractivity contribution is 5.71. The van der Waals surface area contributed by atoms with Gasteiger partial charge in [-0.15, -0.1) is 0 Å². The Bertz CT molecular complexity index is 571. The molecule has 0 nitrogen and oxygen atoms in total. The molecule has 0 aliphatic carbocycles. The van der Waals surface area contributed by atoms with E-state index in [4.69, 9.17) is 0 Å². The molecule has 0 aliphatic rings. The second kappa shape index (κ2) is 4.28. The third-order valence-electron chi connectivity index (χ3n) is 3.12. The molecule has 0 N–H and O–H groups in total. The molecule has 0 bridgehead atoms. The van der Waals surface area contributed by atoms with Crippen LogP contribution in [0, 0.1) is 32.4 Å². The highest BCUT2D eigenvalue weighted by Gasteiger charge is 2.10. The third kappa shape index (κ3) is 2.21. The van der Waals surface area contributed by atoms with E-state index in [9.17, 15) is 8.78 Å². The predicted molar refractivity (Wildman–Crippen MR) is 66.0 cm³/mol. The number of hydrogen-bond donors (Lipinski definition) is 0. The summed E-state index contributed by atoms with van der Waals surface area (Å²) in [5.74, 6) is -0.585. The van der Waals surface area contributed by atoms with Crippen molar-refractivity contribution < 1.29 is 8.78 Å². The predicted octanol–water partition coefficient (Wildman–Crippen LogP) is 4.56. The van der Waals surface area contributed by atoms with E-state index < -0.39 is 0 Å². The fourth-order valence-electron chi connectivity index (χ4n) is 1.98. The highest BCUT2D eigenvalue weighted by Crippen LogP contribution is 2.29. The van der Waals surface area contributed by atoms with Crippen LogP contribution in [0.3, 0.4) is 0 Å². The minimum absolute atomic E-state index is 0.285. The van der Waals surface area contributed by atoms with Crippen LogP contribution in [0.15, 0.2) is 30.3 Å². The van der Waals surface area contributed by atoms with E-state index in [2.05, 4.69) is 0 Å². The van der Waals surface area contributed by atoms with Crippen LogP contribution in [-0.4, -0.2) is 0 Å². The van der Waals surface area contributed by atoms with Gasteiger partial charge in [-0.3, -0.25) is 0 Å². The Hall–Kier alpha value is -1.70. The number of benzene rings is 2. The van der Waals surface area contributed by atoms with Gasteiger partial charge in [0.05, 0.1) is 0 Å². The highest BCUT2D eigenvalue weighted by atomic mass is 19.1. The van der Waals surface area contributed by atoms with Crippen LogP contribution in [-0.2, 0) is 0 Å². The summed E-state index contributed by atoms with van der Waals surface area (Å²) < 4.78 is 26.7. The van der Waals surface area contributed by atoms with Crippen molar-refractivity contribution in [2.24, 2.45) is 0 Å². The minimum Gasteiger partial charge on any atom is -0.207 e. The van der Waals surface area contributed by atoms with E-state index in [0.717, 1.165) is 27.8 Å². The van der Waals surface area contributed by atoms with E-state index in [0.29, 0.717) is 0 Å². The molecule has 0 atom stereocenters. The summed E-state index contributed by atoms with van der Waals surface area (Å²) in [6, 6.07) is 7.54. The van der Waals surface area contributed by atoms with Gasteiger partial charge in [0, 0.05) is 0 Å². The second-order valence-electron chi connectivity index (χ2n) is 4.35. The van der Waals surface area contributed by atoms with Crippen LogP contribution in [0.4, 0.5) is 8.78 Å². The molecule has 17 heavy (non-hydrogen) atoms. The lowest BCUT2D eigenvalue weighted by Crippen LogP contribution is -1.93. The topological polar surface area (TPSA) is 0 Å². The Morgan fingerprint density at radius 1 is 0.706 bits per heavy atom. The maximum Gasteiger partial charge on any atom is 0.124 e. The summed E-state index contributed by atoms with van der Waals surface area (Å²) in [6.07, 6.45) is 0. The largest absolute Gasteiger partial charge is 0.207 e. The molecule has 2 rings (SSSR count). The number of halogens is 2. The summed E-state index contributed by atoms with van der Waals surface area (Å²) >= 11 is 0. The maximum atomic E-state index is 13.4. The molecule has 2 heteroatoms. The fourth-order valence-corrected chi connectivity index (χ4v) is 1.98. The Morgan fingerprint density at radius 3 is 2.06 bits per heavy atom. The van der Waals surface area contributed by atoms with Gasteiger partial charge in [0.25, 0.3) is 0 Å². The molecule has 0 saturated carbocycles. The zero-order chi connectivity index (χ0) is 12.6. The Balaban J connectivity index is 2.72. The Morgan fingerprint density at radius 2 is 1.35 bits per heavy atom. The first-order chi connectivity index (χ1) is 7.99. The molecule has 0 spiro atoms. The quantitative estimate of drug-likeness (QED) is 0.676. The molecule has 0 amide bonds. The second-order valence-corrected chi connectivity index (χ2v) is 4.35. The van der Waals surface area contributed by atoms with E-state index >= 15 is 0 Å². The van der Waals surface area contributed by atoms with Gasteiger partial charge in [-0.1, -0.05) is 6.07 Å². The SMILES string of the molecule is Cc1ccc(F)cc1-c1cc(F)cc(C)c1C. The Kier molecular flexibility index (Phi) is 2.97. The molecule has 0 aromatic heterocycles. The van der Waals surface area contributed by atoms with Crippen LogP contribution >= 0.6 is 0 Å². The van der Waals surface area contributed by atoms with Crippen molar-refractivity contribution in [1.29, 1.82) is 0 Å². The molecule has 0 fully saturated rings. The van der Waals surface area contributed by atoms with Gasteiger partial charge >= 0.3 is 0 Å². The molecule has 2 aromatic rings. The molecule has 2 aromatic carbocycles.